The highest BCUT2D eigenvalue weighted by Gasteiger charge is 2.43. The van der Waals surface area contributed by atoms with Gasteiger partial charge in [-0.25, -0.2) is 31.8 Å². The van der Waals surface area contributed by atoms with E-state index < -0.39 is 52.1 Å². The lowest BCUT2D eigenvalue weighted by atomic mass is 9.98. The summed E-state index contributed by atoms with van der Waals surface area (Å²) in [6.45, 7) is 4.70. The molecule has 0 saturated carbocycles. The molecule has 8 heterocycles. The molecule has 6 aromatic carbocycles. The zero-order chi connectivity index (χ0) is 71.5. The van der Waals surface area contributed by atoms with Gasteiger partial charge in [-0.15, -0.1) is 37.7 Å². The number of carbonyl (C=O) groups excluding carboxylic acids is 3. The first-order valence-electron chi connectivity index (χ1n) is 31.3. The third kappa shape index (κ3) is 16.5. The fourth-order valence-corrected chi connectivity index (χ4v) is 22.0. The number of ether oxygens (including phenoxy) is 1. The van der Waals surface area contributed by atoms with Crippen LogP contribution in [0.3, 0.4) is 0 Å². The van der Waals surface area contributed by atoms with E-state index in [0.717, 1.165) is 74.3 Å². The second-order valence-corrected chi connectivity index (χ2v) is 35.4. The largest absolute Gasteiger partial charge is 0.497 e. The van der Waals surface area contributed by atoms with Gasteiger partial charge in [0.25, 0.3) is 46.0 Å². The van der Waals surface area contributed by atoms with Crippen molar-refractivity contribution in [2.45, 2.75) is 81.7 Å². The third-order valence-corrected chi connectivity index (χ3v) is 27.9. The standard InChI is InChI=1S/2C23H22Cl2N4O3S2.C20H19N3O7S3/c2*24-17-11-16(12-18(25)13-17)15-5-8-28(14-15)21-6-9-29(22(21)30)19-1-3-20(4-2-19)34(31,32)27-23-26-7-10-33-23;1-30-15-4-8-17(9-5-15)33(28,29)23(20-21-11-13-31-20)32(26,27)16-6-2-14(3-7-16)22-12-10-18(24)19(22)25/h2*1-4,7,10-13,15,21H,5-6,8-9,14H2,(H,26,27);2-9,11,13,18,24H,10,12H2,1H3/t15-,21+;15-,21-;18-/m010/s1. The van der Waals surface area contributed by atoms with Gasteiger partial charge in [0.15, 0.2) is 10.3 Å². The van der Waals surface area contributed by atoms with Crippen LogP contribution in [-0.2, 0) is 54.5 Å². The molecule has 14 rings (SSSR count). The molecule has 3 amide bonds. The Morgan fingerprint density at radius 1 is 0.465 bits per heavy atom. The molecule has 5 fully saturated rings. The lowest BCUT2D eigenvalue weighted by molar-refractivity contribution is -0.124. The van der Waals surface area contributed by atoms with Gasteiger partial charge < -0.3 is 24.5 Å². The first kappa shape index (κ1) is 73.4. The van der Waals surface area contributed by atoms with E-state index in [9.17, 15) is 53.2 Å². The van der Waals surface area contributed by atoms with Crippen molar-refractivity contribution in [3.05, 3.63) is 199 Å². The summed E-state index contributed by atoms with van der Waals surface area (Å²) in [7, 11) is -15.2. The normalized spacial score (nSPS) is 19.8. The molecule has 0 spiro atoms. The minimum atomic E-state index is -4.60. The summed E-state index contributed by atoms with van der Waals surface area (Å²) in [6, 6.07) is 34.2. The number of halogens is 4. The van der Waals surface area contributed by atoms with Gasteiger partial charge >= 0.3 is 0 Å². The third-order valence-electron chi connectivity index (χ3n) is 17.6. The van der Waals surface area contributed by atoms with Crippen molar-refractivity contribution in [2.24, 2.45) is 0 Å². The summed E-state index contributed by atoms with van der Waals surface area (Å²) in [4.78, 5) is 59.3. The van der Waals surface area contributed by atoms with Crippen molar-refractivity contribution >= 4 is 171 Å². The monoisotopic (exact) mass is 1580 g/mol. The summed E-state index contributed by atoms with van der Waals surface area (Å²) in [5.41, 5.74) is 3.99. The molecule has 5 atom stereocenters. The number of nitrogens with zero attached hydrogens (tertiary/aromatic N) is 9. The fraction of sp³-hybridized carbons (Fsp3) is 0.273. The van der Waals surface area contributed by atoms with Gasteiger partial charge in [-0.2, -0.15) is 16.8 Å². The molecule has 5 aliphatic heterocycles. The number of sulfonamides is 4. The number of benzene rings is 6. The highest BCUT2D eigenvalue weighted by Crippen LogP contribution is 2.39. The topological polar surface area (TPSA) is 299 Å². The average molecular weight is 1580 g/mol. The van der Waals surface area contributed by atoms with Crippen molar-refractivity contribution in [1.82, 2.24) is 24.8 Å². The van der Waals surface area contributed by atoms with E-state index in [0.29, 0.717) is 76.5 Å². The maximum atomic E-state index is 13.5. The molecular formula is C66H63Cl4N11O13S7. The Morgan fingerprint density at radius 2 is 0.832 bits per heavy atom. The van der Waals surface area contributed by atoms with Crippen LogP contribution in [-0.4, -0.2) is 152 Å². The van der Waals surface area contributed by atoms with E-state index in [1.54, 1.807) is 57.0 Å². The Balaban J connectivity index is 0.000000143. The molecule has 9 aromatic rings. The molecule has 3 aromatic heterocycles. The van der Waals surface area contributed by atoms with Gasteiger partial charge in [-0.1, -0.05) is 46.4 Å². The number of anilines is 6. The highest BCUT2D eigenvalue weighted by molar-refractivity contribution is 8.10. The molecule has 530 valence electrons. The first-order valence-corrected chi connectivity index (χ1v) is 41.3. The summed E-state index contributed by atoms with van der Waals surface area (Å²) < 4.78 is 114. The van der Waals surface area contributed by atoms with Crippen molar-refractivity contribution in [1.29, 1.82) is 0 Å². The maximum absolute atomic E-state index is 13.5. The van der Waals surface area contributed by atoms with Gasteiger partial charge in [0.2, 0.25) is 16.9 Å². The molecular weight excluding hydrogens is 1520 g/mol. The Morgan fingerprint density at radius 3 is 1.19 bits per heavy atom. The molecule has 24 nitrogen and oxygen atoms in total. The Kier molecular flexibility index (Phi) is 22.5. The molecule has 0 radical (unpaired) electrons. The van der Waals surface area contributed by atoms with Crippen molar-refractivity contribution < 1.29 is 57.9 Å². The van der Waals surface area contributed by atoms with Crippen LogP contribution in [0.15, 0.2) is 188 Å². The Bertz CT molecular complexity index is 4700. The predicted molar refractivity (Wildman–Crippen MR) is 392 cm³/mol. The van der Waals surface area contributed by atoms with E-state index in [4.69, 9.17) is 51.1 Å². The van der Waals surface area contributed by atoms with Crippen molar-refractivity contribution in [3.8, 4) is 5.75 Å². The van der Waals surface area contributed by atoms with E-state index in [1.165, 1.54) is 131 Å². The van der Waals surface area contributed by atoms with Gasteiger partial charge in [0, 0.05) is 111 Å². The van der Waals surface area contributed by atoms with Gasteiger partial charge in [0.05, 0.1) is 38.8 Å². The molecule has 35 heteroatoms. The van der Waals surface area contributed by atoms with Crippen molar-refractivity contribution in [2.75, 3.05) is 80.8 Å². The summed E-state index contributed by atoms with van der Waals surface area (Å²) in [5, 5.41) is 17.4. The SMILES string of the molecule is COc1ccc(S(=O)(=O)N(c2nccs2)S(=O)(=O)c2ccc(N3CC[C@H](O)C3=O)cc2)cc1.O=C1[C@H](N2CC[C@@H](c3cc(Cl)cc(Cl)c3)C2)CCN1c1ccc(S(=O)(=O)Nc2nccs2)cc1.O=C1[C@H](N2CC[C@H](c3cc(Cl)cc(Cl)c3)C2)CCN1c1ccc(S(=O)(=O)Nc2nccs2)cc1. The zero-order valence-corrected chi connectivity index (χ0v) is 62.0. The fourth-order valence-electron chi connectivity index (χ4n) is 12.6. The van der Waals surface area contributed by atoms with Gasteiger partial charge in [-0.05, 0) is 195 Å². The van der Waals surface area contributed by atoms with E-state index >= 15 is 0 Å². The minimum Gasteiger partial charge on any atom is -0.497 e. The Labute approximate surface area is 615 Å². The number of nitrogens with one attached hydrogen (secondary N) is 2. The van der Waals surface area contributed by atoms with Gasteiger partial charge in [0.1, 0.15) is 11.9 Å². The molecule has 101 heavy (non-hydrogen) atoms. The number of aliphatic hydroxyl groups is 1. The number of methoxy groups -OCH3 is 1. The molecule has 5 aliphatic rings. The smallest absolute Gasteiger partial charge is 0.279 e. The second kappa shape index (κ2) is 30.9. The number of rotatable bonds is 19. The second-order valence-electron chi connectivity index (χ2n) is 23.8. The minimum absolute atomic E-state index is 0.0429. The van der Waals surface area contributed by atoms with E-state index in [-0.39, 0.29) is 66.9 Å². The molecule has 0 aliphatic carbocycles. The number of amides is 3. The lowest BCUT2D eigenvalue weighted by Gasteiger charge is -2.23. The first-order chi connectivity index (χ1) is 48.3. The highest BCUT2D eigenvalue weighted by atomic mass is 35.5. The van der Waals surface area contributed by atoms with Crippen LogP contribution in [0, 0.1) is 0 Å². The number of carbonyl (C=O) groups is 3. The van der Waals surface area contributed by atoms with Crippen LogP contribution in [0.1, 0.15) is 55.1 Å². The lowest BCUT2D eigenvalue weighted by Crippen LogP contribution is -2.40. The average Bonchev–Trinajstić information content (AvgIpc) is 1.72. The van der Waals surface area contributed by atoms with Crippen LogP contribution < -0.4 is 32.6 Å². The molecule has 5 saturated heterocycles. The van der Waals surface area contributed by atoms with Crippen molar-refractivity contribution in [3.63, 3.8) is 0 Å². The van der Waals surface area contributed by atoms with Crippen LogP contribution in [0.2, 0.25) is 20.1 Å². The number of likely N-dealkylation sites (tertiary alicyclic amines) is 2. The number of hydrogen-bond acceptors (Lipinski definition) is 21. The predicted octanol–water partition coefficient (Wildman–Crippen LogP) is 11.5. The Hall–Kier alpha value is -7.34. The van der Waals surface area contributed by atoms with E-state index in [1.807, 2.05) is 24.3 Å². The van der Waals surface area contributed by atoms with Crippen LogP contribution in [0.4, 0.5) is 32.5 Å². The van der Waals surface area contributed by atoms with Crippen LogP contribution in [0.5, 0.6) is 5.75 Å². The number of hydrogen-bond donors (Lipinski definition) is 3. The summed E-state index contributed by atoms with van der Waals surface area (Å²) >= 11 is 28.0. The maximum Gasteiger partial charge on any atom is 0.279 e. The molecule has 3 N–H and O–H groups in total. The summed E-state index contributed by atoms with van der Waals surface area (Å²) in [6.07, 6.45) is 6.90. The molecule has 0 bridgehead atoms. The number of aromatic nitrogens is 3. The number of thiazole rings is 3. The van der Waals surface area contributed by atoms with Gasteiger partial charge in [-0.3, -0.25) is 33.6 Å². The quantitative estimate of drug-likeness (QED) is 0.0677. The summed E-state index contributed by atoms with van der Waals surface area (Å²) in [5.74, 6) is 0.593. The molecule has 0 unspecified atom stereocenters. The van der Waals surface area contributed by atoms with Crippen LogP contribution in [0.25, 0.3) is 0 Å². The number of aliphatic hydroxyl groups excluding tert-OH is 1. The van der Waals surface area contributed by atoms with Crippen LogP contribution >= 0.6 is 80.4 Å². The van der Waals surface area contributed by atoms with E-state index in [2.05, 4.69) is 34.2 Å². The zero-order valence-electron chi connectivity index (χ0n) is 53.3.